The molecule has 0 spiro atoms. The lowest BCUT2D eigenvalue weighted by molar-refractivity contribution is 0.0627. The number of methoxy groups -OCH3 is 3. The van der Waals surface area contributed by atoms with E-state index in [1.807, 2.05) is 47.4 Å². The minimum absolute atomic E-state index is 0.0398. The number of benzene rings is 2. The average molecular weight is 421 g/mol. The lowest BCUT2D eigenvalue weighted by Crippen LogP contribution is -2.48. The summed E-state index contributed by atoms with van der Waals surface area (Å²) in [7, 11) is 4.92. The van der Waals surface area contributed by atoms with Gasteiger partial charge in [-0.2, -0.15) is 0 Å². The van der Waals surface area contributed by atoms with Crippen molar-refractivity contribution in [2.24, 2.45) is 0 Å². The highest BCUT2D eigenvalue weighted by atomic mass is 16.5. The Hall–Kier alpha value is -3.32. The molecule has 1 fully saturated rings. The summed E-state index contributed by atoms with van der Waals surface area (Å²) in [5.74, 6) is 2.29. The maximum absolute atomic E-state index is 12.8. The van der Waals surface area contributed by atoms with Crippen molar-refractivity contribution in [3.05, 3.63) is 59.8 Å². The van der Waals surface area contributed by atoms with Gasteiger partial charge in [0, 0.05) is 49.7 Å². The fourth-order valence-electron chi connectivity index (χ4n) is 3.88. The fourth-order valence-corrected chi connectivity index (χ4v) is 3.88. The van der Waals surface area contributed by atoms with Crippen LogP contribution >= 0.6 is 0 Å². The molecule has 1 amide bonds. The molecule has 4 rings (SSSR count). The van der Waals surface area contributed by atoms with E-state index in [4.69, 9.17) is 19.2 Å². The number of piperazine rings is 1. The van der Waals surface area contributed by atoms with Gasteiger partial charge in [0.2, 0.25) is 0 Å². The molecule has 0 bridgehead atoms. The number of hydrogen-bond donors (Lipinski definition) is 0. The number of nitrogens with zero attached hydrogens (tertiary/aromatic N) is 3. The highest BCUT2D eigenvalue weighted by Gasteiger charge is 2.23. The maximum atomic E-state index is 12.8. The van der Waals surface area contributed by atoms with Gasteiger partial charge in [-0.15, -0.1) is 0 Å². The third kappa shape index (κ3) is 4.56. The van der Waals surface area contributed by atoms with Crippen molar-refractivity contribution in [2.75, 3.05) is 47.5 Å². The number of carbonyl (C=O) groups is 1. The van der Waals surface area contributed by atoms with Crippen molar-refractivity contribution < 1.29 is 19.0 Å². The van der Waals surface area contributed by atoms with Crippen LogP contribution < -0.4 is 14.2 Å². The van der Waals surface area contributed by atoms with Gasteiger partial charge in [0.25, 0.3) is 5.91 Å². The van der Waals surface area contributed by atoms with E-state index in [0.717, 1.165) is 41.2 Å². The van der Waals surface area contributed by atoms with Gasteiger partial charge in [-0.05, 0) is 36.4 Å². The quantitative estimate of drug-likeness (QED) is 0.609. The Labute approximate surface area is 182 Å². The zero-order valence-corrected chi connectivity index (χ0v) is 18.1. The van der Waals surface area contributed by atoms with E-state index < -0.39 is 0 Å². The van der Waals surface area contributed by atoms with Crippen LogP contribution in [0.4, 0.5) is 0 Å². The molecule has 0 unspecified atom stereocenters. The molecule has 1 aliphatic rings. The highest BCUT2D eigenvalue weighted by molar-refractivity contribution is 5.94. The summed E-state index contributed by atoms with van der Waals surface area (Å²) in [6, 6.07) is 15.1. The summed E-state index contributed by atoms with van der Waals surface area (Å²) in [5, 5.41) is 0.930. The van der Waals surface area contributed by atoms with Gasteiger partial charge < -0.3 is 19.1 Å². The molecule has 31 heavy (non-hydrogen) atoms. The lowest BCUT2D eigenvalue weighted by Gasteiger charge is -2.34. The Morgan fingerprint density at radius 2 is 1.65 bits per heavy atom. The number of hydrogen-bond acceptors (Lipinski definition) is 6. The Morgan fingerprint density at radius 1 is 0.903 bits per heavy atom. The minimum Gasteiger partial charge on any atom is -0.497 e. The fraction of sp³-hybridized carbons (Fsp3) is 0.333. The van der Waals surface area contributed by atoms with Crippen LogP contribution in [0.5, 0.6) is 17.2 Å². The summed E-state index contributed by atoms with van der Waals surface area (Å²) in [5.41, 5.74) is 2.48. The molecule has 1 aliphatic heterocycles. The molecule has 2 heterocycles. The van der Waals surface area contributed by atoms with Gasteiger partial charge in [0.1, 0.15) is 17.2 Å². The van der Waals surface area contributed by atoms with Crippen LogP contribution in [0.3, 0.4) is 0 Å². The lowest BCUT2D eigenvalue weighted by atomic mass is 10.1. The third-order valence-corrected chi connectivity index (χ3v) is 5.61. The first-order valence-electron chi connectivity index (χ1n) is 10.3. The molecule has 0 aliphatic carbocycles. The molecule has 2 aromatic carbocycles. The second-order valence-corrected chi connectivity index (χ2v) is 7.50. The number of fused-ring (bicyclic) bond motifs is 1. The number of carbonyl (C=O) groups excluding carboxylic acids is 1. The second-order valence-electron chi connectivity index (χ2n) is 7.50. The third-order valence-electron chi connectivity index (χ3n) is 5.61. The van der Waals surface area contributed by atoms with Crippen LogP contribution in [0, 0.1) is 0 Å². The summed E-state index contributed by atoms with van der Waals surface area (Å²) in [6.45, 7) is 3.65. The van der Waals surface area contributed by atoms with E-state index in [0.29, 0.717) is 30.9 Å². The molecule has 1 saturated heterocycles. The normalized spacial score (nSPS) is 14.5. The van der Waals surface area contributed by atoms with Crippen LogP contribution in [-0.4, -0.2) is 68.2 Å². The molecule has 3 aromatic rings. The zero-order chi connectivity index (χ0) is 21.8. The van der Waals surface area contributed by atoms with Crippen molar-refractivity contribution in [3.8, 4) is 17.2 Å². The number of amides is 1. The van der Waals surface area contributed by atoms with Gasteiger partial charge in [-0.1, -0.05) is 6.07 Å². The predicted molar refractivity (Wildman–Crippen MR) is 119 cm³/mol. The Morgan fingerprint density at radius 3 is 2.35 bits per heavy atom. The van der Waals surface area contributed by atoms with Crippen molar-refractivity contribution in [1.82, 2.24) is 14.8 Å². The van der Waals surface area contributed by atoms with Gasteiger partial charge in [-0.25, -0.2) is 0 Å². The van der Waals surface area contributed by atoms with Gasteiger partial charge in [0.05, 0.1) is 32.5 Å². The monoisotopic (exact) mass is 421 g/mol. The Kier molecular flexibility index (Phi) is 6.23. The first kappa shape index (κ1) is 20.9. The standard InChI is InChI=1S/C24H27N3O4/c1-29-19-6-4-5-17(13-19)24(28)27-11-9-26(10-12-27)16-18-14-23(31-3)21-15-20(30-2)7-8-22(21)25-18/h4-8,13-15H,9-12,16H2,1-3H3. The molecule has 0 N–H and O–H groups in total. The first-order chi connectivity index (χ1) is 15.1. The largest absolute Gasteiger partial charge is 0.497 e. The predicted octanol–water partition coefficient (Wildman–Crippen LogP) is 3.22. The Bertz CT molecular complexity index is 1080. The van der Waals surface area contributed by atoms with Crippen LogP contribution in [0.1, 0.15) is 16.1 Å². The van der Waals surface area contributed by atoms with E-state index in [1.54, 1.807) is 27.4 Å². The summed E-state index contributed by atoms with van der Waals surface area (Å²) < 4.78 is 16.1. The van der Waals surface area contributed by atoms with Gasteiger partial charge in [-0.3, -0.25) is 14.7 Å². The molecular formula is C24H27N3O4. The van der Waals surface area contributed by atoms with E-state index >= 15 is 0 Å². The number of rotatable bonds is 6. The SMILES string of the molecule is COc1cccc(C(=O)N2CCN(Cc3cc(OC)c4cc(OC)ccc4n3)CC2)c1. The molecular weight excluding hydrogens is 394 g/mol. The van der Waals surface area contributed by atoms with Crippen LogP contribution in [-0.2, 0) is 6.54 Å². The van der Waals surface area contributed by atoms with Crippen LogP contribution in [0.15, 0.2) is 48.5 Å². The van der Waals surface area contributed by atoms with Gasteiger partial charge >= 0.3 is 0 Å². The average Bonchev–Trinajstić information content (AvgIpc) is 2.83. The van der Waals surface area contributed by atoms with Gasteiger partial charge in [0.15, 0.2) is 0 Å². The zero-order valence-electron chi connectivity index (χ0n) is 18.1. The smallest absolute Gasteiger partial charge is 0.254 e. The molecule has 162 valence electrons. The molecule has 7 heteroatoms. The number of pyridine rings is 1. The van der Waals surface area contributed by atoms with Crippen LogP contribution in [0.25, 0.3) is 10.9 Å². The van der Waals surface area contributed by atoms with Crippen molar-refractivity contribution in [1.29, 1.82) is 0 Å². The van der Waals surface area contributed by atoms with E-state index in [2.05, 4.69) is 4.90 Å². The molecule has 0 radical (unpaired) electrons. The molecule has 0 atom stereocenters. The van der Waals surface area contributed by atoms with E-state index in [-0.39, 0.29) is 5.91 Å². The summed E-state index contributed by atoms with van der Waals surface area (Å²) in [4.78, 5) is 21.8. The Balaban J connectivity index is 1.42. The number of ether oxygens (including phenoxy) is 3. The summed E-state index contributed by atoms with van der Waals surface area (Å²) >= 11 is 0. The van der Waals surface area contributed by atoms with Crippen LogP contribution in [0.2, 0.25) is 0 Å². The minimum atomic E-state index is 0.0398. The first-order valence-corrected chi connectivity index (χ1v) is 10.3. The summed E-state index contributed by atoms with van der Waals surface area (Å²) in [6.07, 6.45) is 0. The van der Waals surface area contributed by atoms with Crippen molar-refractivity contribution >= 4 is 16.8 Å². The van der Waals surface area contributed by atoms with Crippen molar-refractivity contribution in [2.45, 2.75) is 6.54 Å². The topological polar surface area (TPSA) is 64.1 Å². The second kappa shape index (κ2) is 9.22. The number of aromatic nitrogens is 1. The molecule has 7 nitrogen and oxygen atoms in total. The molecule has 0 saturated carbocycles. The maximum Gasteiger partial charge on any atom is 0.254 e. The van der Waals surface area contributed by atoms with Crippen molar-refractivity contribution in [3.63, 3.8) is 0 Å². The highest BCUT2D eigenvalue weighted by Crippen LogP contribution is 2.29. The molecule has 1 aromatic heterocycles. The van der Waals surface area contributed by atoms with E-state index in [9.17, 15) is 4.79 Å². The van der Waals surface area contributed by atoms with E-state index in [1.165, 1.54) is 0 Å².